The molecular formula is C16H16N4O3S. The SMILES string of the molecule is Cn1cc(C2CN(S(=O)(=O)c3cnoc3)Cc3ccccc32)cn1. The van der Waals surface area contributed by atoms with Gasteiger partial charge >= 0.3 is 0 Å². The normalized spacial score (nSPS) is 18.5. The molecule has 7 nitrogen and oxygen atoms in total. The number of rotatable bonds is 3. The second kappa shape index (κ2) is 5.57. The van der Waals surface area contributed by atoms with Gasteiger partial charge in [-0.3, -0.25) is 4.68 Å². The summed E-state index contributed by atoms with van der Waals surface area (Å²) in [5.41, 5.74) is 3.13. The van der Waals surface area contributed by atoms with Crippen LogP contribution in [0.15, 0.2) is 58.5 Å². The molecule has 0 saturated heterocycles. The number of benzene rings is 1. The molecule has 124 valence electrons. The van der Waals surface area contributed by atoms with Crippen molar-refractivity contribution in [1.82, 2.24) is 19.2 Å². The highest BCUT2D eigenvalue weighted by atomic mass is 32.2. The molecule has 0 aliphatic carbocycles. The molecule has 24 heavy (non-hydrogen) atoms. The Bertz CT molecular complexity index is 963. The predicted octanol–water partition coefficient (Wildman–Crippen LogP) is 1.74. The first-order valence-electron chi connectivity index (χ1n) is 7.51. The highest BCUT2D eigenvalue weighted by Crippen LogP contribution is 2.35. The highest BCUT2D eigenvalue weighted by Gasteiger charge is 2.35. The van der Waals surface area contributed by atoms with E-state index in [-0.39, 0.29) is 10.8 Å². The lowest BCUT2D eigenvalue weighted by atomic mass is 9.87. The Kier molecular flexibility index (Phi) is 3.50. The second-order valence-corrected chi connectivity index (χ2v) is 7.79. The van der Waals surface area contributed by atoms with Crippen LogP contribution in [0.3, 0.4) is 0 Å². The van der Waals surface area contributed by atoms with E-state index in [0.717, 1.165) is 23.0 Å². The van der Waals surface area contributed by atoms with Gasteiger partial charge in [-0.15, -0.1) is 0 Å². The average Bonchev–Trinajstić information content (AvgIpc) is 3.25. The molecule has 3 heterocycles. The fourth-order valence-electron chi connectivity index (χ4n) is 3.13. The monoisotopic (exact) mass is 344 g/mol. The fourth-order valence-corrected chi connectivity index (χ4v) is 4.43. The number of aromatic nitrogens is 3. The van der Waals surface area contributed by atoms with Crippen LogP contribution >= 0.6 is 0 Å². The summed E-state index contributed by atoms with van der Waals surface area (Å²) in [7, 11) is -1.79. The van der Waals surface area contributed by atoms with Crippen molar-refractivity contribution in [2.45, 2.75) is 17.4 Å². The van der Waals surface area contributed by atoms with Gasteiger partial charge < -0.3 is 4.52 Å². The molecule has 0 amide bonds. The van der Waals surface area contributed by atoms with Crippen molar-refractivity contribution in [3.63, 3.8) is 0 Å². The molecule has 4 rings (SSSR count). The van der Waals surface area contributed by atoms with E-state index in [2.05, 4.69) is 16.3 Å². The Morgan fingerprint density at radius 2 is 2.08 bits per heavy atom. The summed E-state index contributed by atoms with van der Waals surface area (Å²) in [4.78, 5) is 0.0758. The quantitative estimate of drug-likeness (QED) is 0.723. The van der Waals surface area contributed by atoms with Crippen LogP contribution in [0.4, 0.5) is 0 Å². The Labute approximate surface area is 139 Å². The van der Waals surface area contributed by atoms with E-state index in [0.29, 0.717) is 13.1 Å². The standard InChI is InChI=1S/C16H16N4O3S/c1-19-8-13(6-17-19)16-10-20(9-12-4-2-3-5-15(12)16)24(21,22)14-7-18-23-11-14/h2-8,11,16H,9-10H2,1H3. The van der Waals surface area contributed by atoms with E-state index in [4.69, 9.17) is 4.52 Å². The summed E-state index contributed by atoms with van der Waals surface area (Å²) in [5.74, 6) is -0.0571. The van der Waals surface area contributed by atoms with E-state index in [1.54, 1.807) is 10.9 Å². The van der Waals surface area contributed by atoms with Gasteiger partial charge in [0.2, 0.25) is 10.0 Å². The minimum Gasteiger partial charge on any atom is -0.363 e. The molecule has 1 unspecified atom stereocenters. The van der Waals surface area contributed by atoms with Crippen LogP contribution < -0.4 is 0 Å². The summed E-state index contributed by atoms with van der Waals surface area (Å²) in [6, 6.07) is 7.92. The van der Waals surface area contributed by atoms with Crippen molar-refractivity contribution in [1.29, 1.82) is 0 Å². The molecular weight excluding hydrogens is 328 g/mol. The van der Waals surface area contributed by atoms with Crippen molar-refractivity contribution in [2.24, 2.45) is 7.05 Å². The van der Waals surface area contributed by atoms with E-state index in [9.17, 15) is 8.42 Å². The smallest absolute Gasteiger partial charge is 0.248 e. The van der Waals surface area contributed by atoms with Crippen LogP contribution in [0.25, 0.3) is 0 Å². The van der Waals surface area contributed by atoms with Gasteiger partial charge in [0, 0.05) is 32.3 Å². The van der Waals surface area contributed by atoms with E-state index in [1.165, 1.54) is 10.5 Å². The topological polar surface area (TPSA) is 81.2 Å². The van der Waals surface area contributed by atoms with Gasteiger partial charge in [0.25, 0.3) is 0 Å². The molecule has 2 aromatic heterocycles. The maximum absolute atomic E-state index is 12.8. The van der Waals surface area contributed by atoms with Gasteiger partial charge in [-0.2, -0.15) is 9.40 Å². The molecule has 0 saturated carbocycles. The Hall–Kier alpha value is -2.45. The van der Waals surface area contributed by atoms with Crippen LogP contribution in [0.1, 0.15) is 22.6 Å². The summed E-state index contributed by atoms with van der Waals surface area (Å²) < 4.78 is 33.6. The van der Waals surface area contributed by atoms with Crippen LogP contribution in [0.5, 0.6) is 0 Å². The Morgan fingerprint density at radius 1 is 1.25 bits per heavy atom. The Balaban J connectivity index is 1.78. The largest absolute Gasteiger partial charge is 0.363 e. The number of nitrogens with zero attached hydrogens (tertiary/aromatic N) is 4. The average molecular weight is 344 g/mol. The molecule has 0 bridgehead atoms. The minimum atomic E-state index is -3.65. The minimum absolute atomic E-state index is 0.0571. The van der Waals surface area contributed by atoms with Crippen LogP contribution in [-0.2, 0) is 23.6 Å². The summed E-state index contributed by atoms with van der Waals surface area (Å²) >= 11 is 0. The molecule has 1 atom stereocenters. The molecule has 0 N–H and O–H groups in total. The first-order chi connectivity index (χ1) is 11.6. The van der Waals surface area contributed by atoms with E-state index >= 15 is 0 Å². The van der Waals surface area contributed by atoms with Crippen LogP contribution in [0.2, 0.25) is 0 Å². The van der Waals surface area contributed by atoms with Crippen molar-refractivity contribution in [3.05, 3.63) is 65.8 Å². The van der Waals surface area contributed by atoms with Crippen molar-refractivity contribution < 1.29 is 12.9 Å². The summed E-state index contributed by atoms with van der Waals surface area (Å²) in [5, 5.41) is 7.74. The van der Waals surface area contributed by atoms with Gasteiger partial charge in [0.15, 0.2) is 0 Å². The zero-order valence-electron chi connectivity index (χ0n) is 13.0. The first kappa shape index (κ1) is 15.1. The molecule has 0 fully saturated rings. The lowest BCUT2D eigenvalue weighted by molar-refractivity contribution is 0.370. The predicted molar refractivity (Wildman–Crippen MR) is 85.6 cm³/mol. The van der Waals surface area contributed by atoms with Gasteiger partial charge in [0.1, 0.15) is 11.2 Å². The van der Waals surface area contributed by atoms with Gasteiger partial charge in [-0.1, -0.05) is 29.4 Å². The molecule has 0 spiro atoms. The molecule has 1 aromatic carbocycles. The van der Waals surface area contributed by atoms with Crippen LogP contribution in [-0.4, -0.2) is 34.2 Å². The highest BCUT2D eigenvalue weighted by molar-refractivity contribution is 7.89. The third-order valence-electron chi connectivity index (χ3n) is 4.34. The molecule has 3 aromatic rings. The molecule has 1 aliphatic heterocycles. The summed E-state index contributed by atoms with van der Waals surface area (Å²) in [6.07, 6.45) is 6.11. The second-order valence-electron chi connectivity index (χ2n) is 5.86. The van der Waals surface area contributed by atoms with Crippen molar-refractivity contribution in [3.8, 4) is 0 Å². The fraction of sp³-hybridized carbons (Fsp3) is 0.250. The Morgan fingerprint density at radius 3 is 2.79 bits per heavy atom. The number of hydrogen-bond donors (Lipinski definition) is 0. The van der Waals surface area contributed by atoms with E-state index < -0.39 is 10.0 Å². The molecule has 8 heteroatoms. The lowest BCUT2D eigenvalue weighted by Gasteiger charge is -2.33. The van der Waals surface area contributed by atoms with Gasteiger partial charge in [0.05, 0.1) is 12.4 Å². The maximum atomic E-state index is 12.8. The van der Waals surface area contributed by atoms with Crippen molar-refractivity contribution >= 4 is 10.0 Å². The molecule has 0 radical (unpaired) electrons. The lowest BCUT2D eigenvalue weighted by Crippen LogP contribution is -2.38. The number of hydrogen-bond acceptors (Lipinski definition) is 5. The molecule has 1 aliphatic rings. The third kappa shape index (κ3) is 2.44. The van der Waals surface area contributed by atoms with Crippen LogP contribution in [0, 0.1) is 0 Å². The zero-order chi connectivity index (χ0) is 16.7. The van der Waals surface area contributed by atoms with Gasteiger partial charge in [-0.25, -0.2) is 8.42 Å². The van der Waals surface area contributed by atoms with Crippen molar-refractivity contribution in [2.75, 3.05) is 6.54 Å². The maximum Gasteiger partial charge on any atom is 0.248 e. The third-order valence-corrected chi connectivity index (χ3v) is 6.09. The first-order valence-corrected chi connectivity index (χ1v) is 8.95. The number of sulfonamides is 1. The zero-order valence-corrected chi connectivity index (χ0v) is 13.8. The van der Waals surface area contributed by atoms with Gasteiger partial charge in [-0.05, 0) is 16.7 Å². The summed E-state index contributed by atoms with van der Waals surface area (Å²) in [6.45, 7) is 0.691. The number of aryl methyl sites for hydroxylation is 1. The number of fused-ring (bicyclic) bond motifs is 1. The van der Waals surface area contributed by atoms with E-state index in [1.807, 2.05) is 31.4 Å².